The van der Waals surface area contributed by atoms with Gasteiger partial charge in [0.2, 0.25) is 0 Å². The molecule has 0 unspecified atom stereocenters. The number of rotatable bonds is 5. The average molecular weight is 358 g/mol. The van der Waals surface area contributed by atoms with Crippen LogP contribution in [-0.2, 0) is 0 Å². The van der Waals surface area contributed by atoms with Crippen molar-refractivity contribution in [3.63, 3.8) is 0 Å². The average Bonchev–Trinajstić information content (AvgIpc) is 2.67. The quantitative estimate of drug-likeness (QED) is 0.876. The summed E-state index contributed by atoms with van der Waals surface area (Å²) in [7, 11) is 2.22. The standard InChI is InChI=1S/C21H35N5/c1-25(20-14-19(23-16-24-20)17-12-18(22)13-17)15-21(8-4-2-5-9-21)26-10-6-3-7-11-26/h14,16-18H,2-13,15,22H2,1H3. The minimum absolute atomic E-state index is 0.345. The molecule has 2 heterocycles. The number of aromatic nitrogens is 2. The third-order valence-electron chi connectivity index (χ3n) is 7.00. The number of piperidine rings is 1. The first kappa shape index (κ1) is 18.2. The molecule has 2 saturated carbocycles. The summed E-state index contributed by atoms with van der Waals surface area (Å²) in [6, 6.07) is 2.57. The third kappa shape index (κ3) is 3.74. The Labute approximate surface area is 158 Å². The molecule has 3 fully saturated rings. The van der Waals surface area contributed by atoms with Gasteiger partial charge in [0, 0.05) is 42.9 Å². The van der Waals surface area contributed by atoms with E-state index >= 15 is 0 Å². The highest BCUT2D eigenvalue weighted by Gasteiger charge is 2.39. The Hall–Kier alpha value is -1.20. The first-order valence-corrected chi connectivity index (χ1v) is 10.7. The molecular weight excluding hydrogens is 322 g/mol. The van der Waals surface area contributed by atoms with E-state index in [9.17, 15) is 0 Å². The van der Waals surface area contributed by atoms with Crippen molar-refractivity contribution in [1.29, 1.82) is 0 Å². The number of hydrogen-bond acceptors (Lipinski definition) is 5. The second-order valence-electron chi connectivity index (χ2n) is 8.92. The Balaban J connectivity index is 1.49. The topological polar surface area (TPSA) is 58.3 Å². The lowest BCUT2D eigenvalue weighted by atomic mass is 9.78. The molecule has 5 heteroatoms. The summed E-state index contributed by atoms with van der Waals surface area (Å²) in [5.74, 6) is 1.61. The minimum atomic E-state index is 0.345. The van der Waals surface area contributed by atoms with Gasteiger partial charge in [-0.1, -0.05) is 25.7 Å². The van der Waals surface area contributed by atoms with E-state index in [1.807, 2.05) is 0 Å². The zero-order chi connectivity index (χ0) is 18.0. The van der Waals surface area contributed by atoms with Crippen molar-refractivity contribution in [2.45, 2.75) is 81.7 Å². The van der Waals surface area contributed by atoms with Gasteiger partial charge in [-0.05, 0) is 51.6 Å². The molecular formula is C21H35N5. The van der Waals surface area contributed by atoms with E-state index in [0.29, 0.717) is 17.5 Å². The van der Waals surface area contributed by atoms with Crippen LogP contribution in [0.25, 0.3) is 0 Å². The summed E-state index contributed by atoms with van der Waals surface area (Å²) < 4.78 is 0. The molecule has 4 rings (SSSR count). The second-order valence-corrected chi connectivity index (χ2v) is 8.92. The van der Waals surface area contributed by atoms with E-state index in [-0.39, 0.29) is 0 Å². The first-order chi connectivity index (χ1) is 12.7. The van der Waals surface area contributed by atoms with Crippen molar-refractivity contribution in [2.24, 2.45) is 5.73 Å². The van der Waals surface area contributed by atoms with Gasteiger partial charge < -0.3 is 10.6 Å². The summed E-state index contributed by atoms with van der Waals surface area (Å²) in [5, 5.41) is 0. The van der Waals surface area contributed by atoms with Gasteiger partial charge in [-0.25, -0.2) is 9.97 Å². The maximum Gasteiger partial charge on any atom is 0.131 e. The largest absolute Gasteiger partial charge is 0.358 e. The molecule has 2 aliphatic carbocycles. The van der Waals surface area contributed by atoms with Gasteiger partial charge >= 0.3 is 0 Å². The molecule has 0 spiro atoms. The van der Waals surface area contributed by atoms with Crippen LogP contribution in [0, 0.1) is 0 Å². The van der Waals surface area contributed by atoms with Crippen LogP contribution in [0.2, 0.25) is 0 Å². The fourth-order valence-electron chi connectivity index (χ4n) is 5.37. The fraction of sp³-hybridized carbons (Fsp3) is 0.810. The highest BCUT2D eigenvalue weighted by atomic mass is 15.3. The van der Waals surface area contributed by atoms with E-state index in [1.165, 1.54) is 70.2 Å². The van der Waals surface area contributed by atoms with Crippen molar-refractivity contribution in [3.8, 4) is 0 Å². The molecule has 0 bridgehead atoms. The number of likely N-dealkylation sites (tertiary alicyclic amines) is 1. The number of hydrogen-bond donors (Lipinski definition) is 1. The Kier molecular flexibility index (Phi) is 5.46. The van der Waals surface area contributed by atoms with Crippen molar-refractivity contribution in [3.05, 3.63) is 18.1 Å². The van der Waals surface area contributed by atoms with Gasteiger partial charge in [0.15, 0.2) is 0 Å². The lowest BCUT2D eigenvalue weighted by molar-refractivity contribution is 0.0395. The Morgan fingerprint density at radius 1 is 1.08 bits per heavy atom. The van der Waals surface area contributed by atoms with E-state index in [1.54, 1.807) is 6.33 Å². The molecule has 0 atom stereocenters. The number of nitrogens with zero attached hydrogens (tertiary/aromatic N) is 4. The third-order valence-corrected chi connectivity index (χ3v) is 7.00. The molecule has 1 aromatic rings. The van der Waals surface area contributed by atoms with Crippen molar-refractivity contribution < 1.29 is 0 Å². The maximum absolute atomic E-state index is 5.97. The molecule has 1 aliphatic heterocycles. The van der Waals surface area contributed by atoms with E-state index < -0.39 is 0 Å². The molecule has 1 saturated heterocycles. The highest BCUT2D eigenvalue weighted by molar-refractivity contribution is 5.40. The minimum Gasteiger partial charge on any atom is -0.358 e. The van der Waals surface area contributed by atoms with E-state index in [4.69, 9.17) is 5.73 Å². The van der Waals surface area contributed by atoms with Gasteiger partial charge in [0.1, 0.15) is 12.1 Å². The van der Waals surface area contributed by atoms with Crippen LogP contribution >= 0.6 is 0 Å². The Morgan fingerprint density at radius 3 is 2.46 bits per heavy atom. The molecule has 5 nitrogen and oxygen atoms in total. The van der Waals surface area contributed by atoms with Gasteiger partial charge in [-0.3, -0.25) is 4.90 Å². The summed E-state index contributed by atoms with van der Waals surface area (Å²) in [5.41, 5.74) is 7.49. The second kappa shape index (κ2) is 7.81. The summed E-state index contributed by atoms with van der Waals surface area (Å²) in [6.07, 6.45) is 14.9. The van der Waals surface area contributed by atoms with Crippen LogP contribution in [0.4, 0.5) is 5.82 Å². The fourth-order valence-corrected chi connectivity index (χ4v) is 5.37. The van der Waals surface area contributed by atoms with Gasteiger partial charge in [0.25, 0.3) is 0 Å². The predicted molar refractivity (Wildman–Crippen MR) is 106 cm³/mol. The van der Waals surface area contributed by atoms with Crippen LogP contribution in [0.15, 0.2) is 12.4 Å². The molecule has 1 aromatic heterocycles. The van der Waals surface area contributed by atoms with Gasteiger partial charge in [-0.2, -0.15) is 0 Å². The number of anilines is 1. The van der Waals surface area contributed by atoms with Crippen LogP contribution < -0.4 is 10.6 Å². The van der Waals surface area contributed by atoms with Crippen LogP contribution in [-0.4, -0.2) is 53.1 Å². The molecule has 144 valence electrons. The van der Waals surface area contributed by atoms with Crippen molar-refractivity contribution in [2.75, 3.05) is 31.6 Å². The molecule has 0 radical (unpaired) electrons. The van der Waals surface area contributed by atoms with Crippen molar-refractivity contribution in [1.82, 2.24) is 14.9 Å². The molecule has 2 N–H and O–H groups in total. The molecule has 26 heavy (non-hydrogen) atoms. The van der Waals surface area contributed by atoms with Crippen molar-refractivity contribution >= 4 is 5.82 Å². The number of likely N-dealkylation sites (N-methyl/N-ethyl adjacent to an activating group) is 1. The SMILES string of the molecule is CN(CC1(N2CCCCC2)CCCCC1)c1cc(C2CC(N)C2)ncn1. The van der Waals surface area contributed by atoms with Gasteiger partial charge in [0.05, 0.1) is 0 Å². The van der Waals surface area contributed by atoms with Crippen LogP contribution in [0.1, 0.15) is 75.8 Å². The number of nitrogens with two attached hydrogens (primary N) is 1. The monoisotopic (exact) mass is 357 g/mol. The summed E-state index contributed by atoms with van der Waals surface area (Å²) in [4.78, 5) is 14.3. The zero-order valence-electron chi connectivity index (χ0n) is 16.4. The Bertz CT molecular complexity index is 586. The normalized spacial score (nSPS) is 29.2. The van der Waals surface area contributed by atoms with Gasteiger partial charge in [-0.15, -0.1) is 0 Å². The maximum atomic E-state index is 5.97. The molecule has 3 aliphatic rings. The smallest absolute Gasteiger partial charge is 0.131 e. The highest BCUT2D eigenvalue weighted by Crippen LogP contribution is 2.38. The lowest BCUT2D eigenvalue weighted by Gasteiger charge is -2.50. The van der Waals surface area contributed by atoms with E-state index in [0.717, 1.165) is 25.2 Å². The molecule has 0 amide bonds. The Morgan fingerprint density at radius 2 is 1.77 bits per heavy atom. The molecule has 0 aromatic carbocycles. The summed E-state index contributed by atoms with van der Waals surface area (Å²) >= 11 is 0. The zero-order valence-corrected chi connectivity index (χ0v) is 16.4. The predicted octanol–water partition coefficient (Wildman–Crippen LogP) is 3.31. The van der Waals surface area contributed by atoms with Crippen LogP contribution in [0.5, 0.6) is 0 Å². The lowest BCUT2D eigenvalue weighted by Crippen LogP contribution is -2.57. The van der Waals surface area contributed by atoms with Crippen LogP contribution in [0.3, 0.4) is 0 Å². The van der Waals surface area contributed by atoms with E-state index in [2.05, 4.69) is 32.9 Å². The summed E-state index contributed by atoms with van der Waals surface area (Å²) in [6.45, 7) is 3.65. The first-order valence-electron chi connectivity index (χ1n) is 10.7.